The Labute approximate surface area is 157 Å². The van der Waals surface area contributed by atoms with E-state index in [1.807, 2.05) is 16.8 Å². The van der Waals surface area contributed by atoms with Crippen molar-refractivity contribution in [2.24, 2.45) is 0 Å². The van der Waals surface area contributed by atoms with Crippen molar-refractivity contribution in [2.45, 2.75) is 25.4 Å². The molecule has 1 N–H and O–H groups in total. The lowest BCUT2D eigenvalue weighted by atomic mass is 10.0. The summed E-state index contributed by atoms with van der Waals surface area (Å²) < 4.78 is 7.79. The van der Waals surface area contributed by atoms with Crippen molar-refractivity contribution in [1.29, 1.82) is 0 Å². The molecule has 1 aliphatic rings. The van der Waals surface area contributed by atoms with Crippen LogP contribution in [0.2, 0.25) is 0 Å². The minimum atomic E-state index is -0.414. The third-order valence-electron chi connectivity index (χ3n) is 4.33. The van der Waals surface area contributed by atoms with E-state index in [2.05, 4.69) is 49.0 Å². The third kappa shape index (κ3) is 3.06. The topological polar surface area (TPSA) is 81.9 Å². The molecular weight excluding hydrogens is 433 g/mol. The Balaban J connectivity index is 1.70. The number of aromatic nitrogens is 4. The minimum Gasteiger partial charge on any atom is -0.464 e. The number of methoxy groups -OCH3 is 1. The van der Waals surface area contributed by atoms with Crippen molar-refractivity contribution in [3.05, 3.63) is 45.6 Å². The quantitative estimate of drug-likeness (QED) is 0.489. The van der Waals surface area contributed by atoms with Crippen molar-refractivity contribution in [2.75, 3.05) is 12.4 Å². The lowest BCUT2D eigenvalue weighted by Gasteiger charge is -2.25. The molecule has 0 fully saturated rings. The average molecular weight is 449 g/mol. The number of carbonyl (C=O) groups is 1. The minimum absolute atomic E-state index is 0.0376. The first-order valence-corrected chi connectivity index (χ1v) is 9.06. The summed E-state index contributed by atoms with van der Waals surface area (Å²) in [5, 5.41) is 8.85. The number of ether oxygens (including phenoxy) is 1. The van der Waals surface area contributed by atoms with E-state index in [1.54, 1.807) is 12.4 Å². The smallest absolute Gasteiger partial charge is 0.358 e. The van der Waals surface area contributed by atoms with Gasteiger partial charge < -0.3 is 10.1 Å². The second kappa shape index (κ2) is 6.58. The maximum Gasteiger partial charge on any atom is 0.358 e. The van der Waals surface area contributed by atoms with Crippen molar-refractivity contribution < 1.29 is 9.53 Å². The van der Waals surface area contributed by atoms with E-state index in [0.29, 0.717) is 5.69 Å². The first kappa shape index (κ1) is 16.2. The largest absolute Gasteiger partial charge is 0.464 e. The molecule has 3 heterocycles. The predicted molar refractivity (Wildman–Crippen MR) is 101 cm³/mol. The summed E-state index contributed by atoms with van der Waals surface area (Å²) in [6, 6.07) is 7.92. The van der Waals surface area contributed by atoms with E-state index in [-0.39, 0.29) is 6.04 Å². The molecule has 0 aliphatic carbocycles. The lowest BCUT2D eigenvalue weighted by molar-refractivity contribution is 0.0593. The van der Waals surface area contributed by atoms with E-state index < -0.39 is 5.97 Å². The van der Waals surface area contributed by atoms with Crippen LogP contribution in [0, 0.1) is 3.57 Å². The van der Waals surface area contributed by atoms with Gasteiger partial charge in [-0.15, -0.1) is 0 Å². The van der Waals surface area contributed by atoms with Crippen molar-refractivity contribution in [3.8, 4) is 0 Å². The van der Waals surface area contributed by atoms with Crippen LogP contribution >= 0.6 is 22.6 Å². The monoisotopic (exact) mass is 449 g/mol. The fourth-order valence-electron chi connectivity index (χ4n) is 3.14. The molecule has 0 spiro atoms. The number of rotatable bonds is 3. The second-order valence-corrected chi connectivity index (χ2v) is 7.14. The van der Waals surface area contributed by atoms with Crippen LogP contribution in [0.1, 0.15) is 35.1 Å². The van der Waals surface area contributed by atoms with Gasteiger partial charge in [0.05, 0.1) is 24.4 Å². The second-order valence-electron chi connectivity index (χ2n) is 5.89. The highest BCUT2D eigenvalue weighted by molar-refractivity contribution is 14.1. The van der Waals surface area contributed by atoms with E-state index in [4.69, 9.17) is 4.74 Å². The molecular formula is C17H16IN5O2. The summed E-state index contributed by atoms with van der Waals surface area (Å²) in [5.41, 5.74) is 2.22. The van der Waals surface area contributed by atoms with E-state index in [0.717, 1.165) is 45.4 Å². The Hall–Kier alpha value is -2.23. The van der Waals surface area contributed by atoms with Gasteiger partial charge in [0.25, 0.3) is 0 Å². The van der Waals surface area contributed by atoms with E-state index in [9.17, 15) is 4.79 Å². The van der Waals surface area contributed by atoms with Crippen LogP contribution in [0.3, 0.4) is 0 Å². The van der Waals surface area contributed by atoms with Gasteiger partial charge >= 0.3 is 5.97 Å². The van der Waals surface area contributed by atoms with Gasteiger partial charge in [0, 0.05) is 15.5 Å². The van der Waals surface area contributed by atoms with Crippen LogP contribution in [0.15, 0.2) is 30.6 Å². The van der Waals surface area contributed by atoms with Gasteiger partial charge in [-0.3, -0.25) is 4.68 Å². The zero-order chi connectivity index (χ0) is 17.4. The maximum atomic E-state index is 11.8. The summed E-state index contributed by atoms with van der Waals surface area (Å²) in [5.74, 6) is 0.380. The van der Waals surface area contributed by atoms with Crippen LogP contribution in [0.4, 0.5) is 5.82 Å². The highest BCUT2D eigenvalue weighted by Crippen LogP contribution is 2.31. The summed E-state index contributed by atoms with van der Waals surface area (Å²) in [4.78, 5) is 20.5. The molecule has 0 radical (unpaired) electrons. The highest BCUT2D eigenvalue weighted by Gasteiger charge is 2.25. The summed E-state index contributed by atoms with van der Waals surface area (Å²) >= 11 is 2.28. The molecule has 128 valence electrons. The molecule has 1 atom stereocenters. The lowest BCUT2D eigenvalue weighted by Crippen LogP contribution is -2.22. The fraction of sp³-hybridized carbons (Fsp3) is 0.294. The zero-order valence-electron chi connectivity index (χ0n) is 13.6. The standard InChI is InChI=1S/C17H16IN5O2/c1-25-17(24)14-8-15-13(3-2-6-23(15)22-14)21-16-11-7-10(18)4-5-12(11)19-9-20-16/h4-5,7-9,13H,2-3,6H2,1H3,(H,19,20,21). The number of benzene rings is 1. The first-order valence-electron chi connectivity index (χ1n) is 7.98. The molecule has 1 aromatic carbocycles. The molecule has 8 heteroatoms. The summed E-state index contributed by atoms with van der Waals surface area (Å²) in [6.45, 7) is 0.799. The number of nitrogens with zero attached hydrogens (tertiary/aromatic N) is 4. The van der Waals surface area contributed by atoms with E-state index >= 15 is 0 Å². The van der Waals surface area contributed by atoms with Crippen LogP contribution in [0.25, 0.3) is 10.9 Å². The van der Waals surface area contributed by atoms with Crippen molar-refractivity contribution in [1.82, 2.24) is 19.7 Å². The Morgan fingerprint density at radius 1 is 1.36 bits per heavy atom. The fourth-order valence-corrected chi connectivity index (χ4v) is 3.63. The van der Waals surface area contributed by atoms with E-state index in [1.165, 1.54) is 7.11 Å². The van der Waals surface area contributed by atoms with Crippen molar-refractivity contribution >= 4 is 45.3 Å². The van der Waals surface area contributed by atoms with Gasteiger partial charge in [0.15, 0.2) is 5.69 Å². The zero-order valence-corrected chi connectivity index (χ0v) is 15.7. The Bertz CT molecular complexity index is 955. The molecule has 0 amide bonds. The summed E-state index contributed by atoms with van der Waals surface area (Å²) in [6.07, 6.45) is 3.49. The number of carbonyl (C=O) groups excluding carboxylic acids is 1. The van der Waals surface area contributed by atoms with Gasteiger partial charge in [-0.25, -0.2) is 14.8 Å². The van der Waals surface area contributed by atoms with Gasteiger partial charge in [-0.05, 0) is 59.7 Å². The molecule has 4 rings (SSSR count). The summed E-state index contributed by atoms with van der Waals surface area (Å²) in [7, 11) is 1.37. The van der Waals surface area contributed by atoms with Crippen LogP contribution in [0.5, 0.6) is 0 Å². The van der Waals surface area contributed by atoms with Gasteiger partial charge in [-0.1, -0.05) is 0 Å². The Kier molecular flexibility index (Phi) is 4.28. The number of halogens is 1. The molecule has 7 nitrogen and oxygen atoms in total. The number of hydrogen-bond acceptors (Lipinski definition) is 6. The van der Waals surface area contributed by atoms with Gasteiger partial charge in [-0.2, -0.15) is 5.10 Å². The highest BCUT2D eigenvalue weighted by atomic mass is 127. The van der Waals surface area contributed by atoms with Crippen LogP contribution < -0.4 is 5.32 Å². The molecule has 0 saturated heterocycles. The van der Waals surface area contributed by atoms with Gasteiger partial charge in [0.1, 0.15) is 12.1 Å². The molecule has 1 aliphatic heterocycles. The SMILES string of the molecule is COC(=O)c1cc2n(n1)CCCC2Nc1ncnc2ccc(I)cc12. The molecule has 25 heavy (non-hydrogen) atoms. The third-order valence-corrected chi connectivity index (χ3v) is 5.00. The van der Waals surface area contributed by atoms with Gasteiger partial charge in [0.2, 0.25) is 0 Å². The number of esters is 1. The normalized spacial score (nSPS) is 16.5. The number of nitrogens with one attached hydrogen (secondary N) is 1. The van der Waals surface area contributed by atoms with Crippen LogP contribution in [-0.4, -0.2) is 32.8 Å². The molecule has 3 aromatic rings. The van der Waals surface area contributed by atoms with Crippen LogP contribution in [-0.2, 0) is 11.3 Å². The number of anilines is 1. The number of hydrogen-bond donors (Lipinski definition) is 1. The maximum absolute atomic E-state index is 11.8. The molecule has 0 bridgehead atoms. The Morgan fingerprint density at radius 2 is 2.24 bits per heavy atom. The first-order chi connectivity index (χ1) is 12.2. The molecule has 1 unspecified atom stereocenters. The molecule has 2 aromatic heterocycles. The molecule has 0 saturated carbocycles. The van der Waals surface area contributed by atoms with Crippen molar-refractivity contribution in [3.63, 3.8) is 0 Å². The predicted octanol–water partition coefficient (Wildman–Crippen LogP) is 3.16. The Morgan fingerprint density at radius 3 is 3.08 bits per heavy atom. The number of aryl methyl sites for hydroxylation is 1. The number of fused-ring (bicyclic) bond motifs is 2. The average Bonchev–Trinajstić information content (AvgIpc) is 3.07.